The molecule has 0 radical (unpaired) electrons. The van der Waals surface area contributed by atoms with Gasteiger partial charge < -0.3 is 26.1 Å². The van der Waals surface area contributed by atoms with E-state index in [4.69, 9.17) is 15.9 Å². The van der Waals surface area contributed by atoms with Crippen molar-refractivity contribution in [1.29, 1.82) is 0 Å². The molecule has 0 spiro atoms. The smallest absolute Gasteiger partial charge is 0.393 e. The summed E-state index contributed by atoms with van der Waals surface area (Å²) in [6, 6.07) is 2.57. The zero-order valence-corrected chi connectivity index (χ0v) is 19.2. The van der Waals surface area contributed by atoms with Gasteiger partial charge in [-0.05, 0) is 18.6 Å². The van der Waals surface area contributed by atoms with E-state index in [1.165, 1.54) is 23.4 Å². The predicted octanol–water partition coefficient (Wildman–Crippen LogP) is 3.17. The lowest BCUT2D eigenvalue weighted by Crippen LogP contribution is -2.51. The fraction of sp³-hybridized carbons (Fsp3) is 0.304. The maximum absolute atomic E-state index is 13.4. The minimum absolute atomic E-state index is 0.0149. The van der Waals surface area contributed by atoms with Crippen LogP contribution < -0.4 is 21.7 Å². The third-order valence-corrected chi connectivity index (χ3v) is 6.15. The number of carbonyl (C=O) groups excluding carboxylic acids is 1. The van der Waals surface area contributed by atoms with Crippen LogP contribution in [0.25, 0.3) is 22.2 Å². The van der Waals surface area contributed by atoms with Gasteiger partial charge >= 0.3 is 6.18 Å². The first kappa shape index (κ1) is 23.6. The number of aromatic nitrogens is 4. The molecule has 1 fully saturated rings. The molecule has 2 unspecified atom stereocenters. The van der Waals surface area contributed by atoms with Crippen LogP contribution in [0.1, 0.15) is 16.8 Å². The number of amides is 1. The molecule has 4 aromatic heterocycles. The van der Waals surface area contributed by atoms with Gasteiger partial charge in [-0.3, -0.25) is 19.4 Å². The highest BCUT2D eigenvalue weighted by Crippen LogP contribution is 2.37. The van der Waals surface area contributed by atoms with Crippen molar-refractivity contribution in [2.75, 3.05) is 29.0 Å². The number of pyridine rings is 2. The molecule has 2 atom stereocenters. The average molecular weight is 500 g/mol. The van der Waals surface area contributed by atoms with E-state index in [2.05, 4.69) is 20.4 Å². The standard InChI is InChI=1S/C23H23F3N8O2/c1-33-9-13(7-31-33)12-4-18-20(30-6-12)19(21(28)36-18)22(35)32-16-8-29-3-2-17(16)34-10-14(23(24,25)26)5-15(27)11-34/h2-4,6-9,14-15H,5,10-11,27-28H2,1H3,(H,32,35). The number of aryl methyl sites for hydroxylation is 1. The number of hydrogen-bond donors (Lipinski definition) is 3. The Morgan fingerprint density at radius 2 is 2.03 bits per heavy atom. The Kier molecular flexibility index (Phi) is 5.79. The van der Waals surface area contributed by atoms with E-state index in [0.29, 0.717) is 11.3 Å². The second-order valence-electron chi connectivity index (χ2n) is 8.80. The Morgan fingerprint density at radius 1 is 1.22 bits per heavy atom. The lowest BCUT2D eigenvalue weighted by atomic mass is 9.93. The summed E-state index contributed by atoms with van der Waals surface area (Å²) >= 11 is 0. The molecule has 4 aromatic rings. The Labute approximate surface area is 203 Å². The summed E-state index contributed by atoms with van der Waals surface area (Å²) in [4.78, 5) is 23.1. The first-order valence-corrected chi connectivity index (χ1v) is 11.1. The van der Waals surface area contributed by atoms with Crippen LogP contribution >= 0.6 is 0 Å². The molecular weight excluding hydrogens is 477 g/mol. The minimum atomic E-state index is -4.38. The normalized spacial score (nSPS) is 18.5. The summed E-state index contributed by atoms with van der Waals surface area (Å²) in [6.45, 7) is -0.0749. The predicted molar refractivity (Wildman–Crippen MR) is 127 cm³/mol. The number of hydrogen-bond acceptors (Lipinski definition) is 8. The van der Waals surface area contributed by atoms with Crippen molar-refractivity contribution in [1.82, 2.24) is 19.7 Å². The van der Waals surface area contributed by atoms with Crippen molar-refractivity contribution in [3.8, 4) is 11.1 Å². The molecule has 1 saturated heterocycles. The van der Waals surface area contributed by atoms with Gasteiger partial charge in [0.15, 0.2) is 5.58 Å². The average Bonchev–Trinajstić information content (AvgIpc) is 3.40. The molecule has 1 aliphatic rings. The van der Waals surface area contributed by atoms with Crippen molar-refractivity contribution in [2.24, 2.45) is 18.7 Å². The summed E-state index contributed by atoms with van der Waals surface area (Å²) in [5, 5.41) is 6.83. The van der Waals surface area contributed by atoms with Crippen molar-refractivity contribution in [2.45, 2.75) is 18.6 Å². The number of furan rings is 1. The van der Waals surface area contributed by atoms with Crippen LogP contribution in [0, 0.1) is 5.92 Å². The summed E-state index contributed by atoms with van der Waals surface area (Å²) in [5.74, 6) is -2.35. The number of nitrogens with two attached hydrogens (primary N) is 2. The van der Waals surface area contributed by atoms with Gasteiger partial charge in [-0.25, -0.2) is 0 Å². The highest BCUT2D eigenvalue weighted by atomic mass is 19.4. The second-order valence-corrected chi connectivity index (χ2v) is 8.80. The number of rotatable bonds is 4. The molecule has 13 heteroatoms. The Bertz CT molecular complexity index is 1430. The topological polar surface area (TPSA) is 141 Å². The van der Waals surface area contributed by atoms with Gasteiger partial charge in [0.1, 0.15) is 11.1 Å². The van der Waals surface area contributed by atoms with Gasteiger partial charge in [0.25, 0.3) is 5.91 Å². The SMILES string of the molecule is Cn1cc(-c2cnc3c(C(=O)Nc4cnccc4N4CC(N)CC(C(F)(F)F)C4)c(N)oc3c2)cn1. The highest BCUT2D eigenvalue weighted by Gasteiger charge is 2.44. The second kappa shape index (κ2) is 8.82. The summed E-state index contributed by atoms with van der Waals surface area (Å²) < 4.78 is 47.5. The van der Waals surface area contributed by atoms with E-state index in [-0.39, 0.29) is 42.2 Å². The van der Waals surface area contributed by atoms with Gasteiger partial charge in [0, 0.05) is 55.9 Å². The van der Waals surface area contributed by atoms with Crippen molar-refractivity contribution in [3.63, 3.8) is 0 Å². The van der Waals surface area contributed by atoms with Gasteiger partial charge in [-0.2, -0.15) is 18.3 Å². The lowest BCUT2D eigenvalue weighted by molar-refractivity contribution is -0.177. The van der Waals surface area contributed by atoms with Gasteiger partial charge in [-0.15, -0.1) is 0 Å². The molecule has 10 nitrogen and oxygen atoms in total. The molecule has 188 valence electrons. The van der Waals surface area contributed by atoms with Crippen LogP contribution in [0.5, 0.6) is 0 Å². The van der Waals surface area contributed by atoms with Crippen LogP contribution in [0.4, 0.5) is 30.4 Å². The van der Waals surface area contributed by atoms with Gasteiger partial charge in [0.2, 0.25) is 5.88 Å². The third-order valence-electron chi connectivity index (χ3n) is 6.15. The number of nitrogen functional groups attached to an aromatic ring is 1. The number of anilines is 3. The van der Waals surface area contributed by atoms with Crippen LogP contribution in [-0.2, 0) is 7.05 Å². The first-order valence-electron chi connectivity index (χ1n) is 11.1. The van der Waals surface area contributed by atoms with Gasteiger partial charge in [0.05, 0.1) is 29.7 Å². The third kappa shape index (κ3) is 4.44. The van der Waals surface area contributed by atoms with Crippen molar-refractivity contribution >= 4 is 34.3 Å². The molecule has 5 heterocycles. The van der Waals surface area contributed by atoms with Crippen LogP contribution in [0.15, 0.2) is 47.5 Å². The maximum atomic E-state index is 13.4. The molecule has 36 heavy (non-hydrogen) atoms. The zero-order chi connectivity index (χ0) is 25.6. The Balaban J connectivity index is 1.43. The molecule has 0 bridgehead atoms. The zero-order valence-electron chi connectivity index (χ0n) is 19.2. The van der Waals surface area contributed by atoms with Crippen LogP contribution in [0.2, 0.25) is 0 Å². The van der Waals surface area contributed by atoms with Crippen molar-refractivity contribution in [3.05, 3.63) is 48.7 Å². The van der Waals surface area contributed by atoms with E-state index in [1.54, 1.807) is 30.2 Å². The quantitative estimate of drug-likeness (QED) is 0.388. The van der Waals surface area contributed by atoms with Crippen LogP contribution in [0.3, 0.4) is 0 Å². The number of nitrogens with one attached hydrogen (secondary N) is 1. The summed E-state index contributed by atoms with van der Waals surface area (Å²) in [7, 11) is 1.79. The molecule has 1 aliphatic heterocycles. The number of piperidine rings is 1. The van der Waals surface area contributed by atoms with Gasteiger partial charge in [-0.1, -0.05) is 0 Å². The largest absolute Gasteiger partial charge is 0.438 e. The maximum Gasteiger partial charge on any atom is 0.393 e. The molecule has 1 amide bonds. The highest BCUT2D eigenvalue weighted by molar-refractivity contribution is 6.15. The van der Waals surface area contributed by atoms with E-state index >= 15 is 0 Å². The summed E-state index contributed by atoms with van der Waals surface area (Å²) in [6.07, 6.45) is 3.32. The number of fused-ring (bicyclic) bond motifs is 1. The summed E-state index contributed by atoms with van der Waals surface area (Å²) in [5.41, 5.74) is 14.6. The molecule has 5 rings (SSSR count). The Hall–Kier alpha value is -4.13. The van der Waals surface area contributed by atoms with E-state index in [1.807, 2.05) is 6.20 Å². The fourth-order valence-electron chi connectivity index (χ4n) is 4.46. The lowest BCUT2D eigenvalue weighted by Gasteiger charge is -2.39. The number of halogens is 3. The molecular formula is C23H23F3N8O2. The van der Waals surface area contributed by atoms with E-state index < -0.39 is 24.0 Å². The molecule has 0 aromatic carbocycles. The molecule has 0 saturated carbocycles. The first-order chi connectivity index (χ1) is 17.1. The Morgan fingerprint density at radius 3 is 2.75 bits per heavy atom. The molecule has 0 aliphatic carbocycles. The minimum Gasteiger partial charge on any atom is -0.438 e. The van der Waals surface area contributed by atoms with E-state index in [9.17, 15) is 18.0 Å². The fourth-order valence-corrected chi connectivity index (χ4v) is 4.46. The van der Waals surface area contributed by atoms with E-state index in [0.717, 1.165) is 11.1 Å². The van der Waals surface area contributed by atoms with Crippen molar-refractivity contribution < 1.29 is 22.4 Å². The molecule has 5 N–H and O–H groups in total. The monoisotopic (exact) mass is 500 g/mol. The number of carbonyl (C=O) groups is 1. The van der Waals surface area contributed by atoms with Crippen LogP contribution in [-0.4, -0.2) is 51.0 Å². The number of alkyl halides is 3. The number of nitrogens with zero attached hydrogens (tertiary/aromatic N) is 5.